The lowest BCUT2D eigenvalue weighted by Crippen LogP contribution is -2.49. The molecule has 0 atom stereocenters. The van der Waals surface area contributed by atoms with Crippen molar-refractivity contribution in [1.82, 2.24) is 20.0 Å². The van der Waals surface area contributed by atoms with Crippen LogP contribution in [0.2, 0.25) is 0 Å². The summed E-state index contributed by atoms with van der Waals surface area (Å²) < 4.78 is 22.5. The van der Waals surface area contributed by atoms with Gasteiger partial charge in [-0.1, -0.05) is 59.7 Å². The zero-order chi connectivity index (χ0) is 47.0. The van der Waals surface area contributed by atoms with Gasteiger partial charge in [0.05, 0.1) is 18.8 Å². The van der Waals surface area contributed by atoms with E-state index in [1.165, 1.54) is 11.1 Å². The van der Waals surface area contributed by atoms with Crippen LogP contribution in [0.4, 0.5) is 9.59 Å². The number of hydrogen-bond acceptors (Lipinski definition) is 13. The zero-order valence-electron chi connectivity index (χ0n) is 39.2. The Balaban J connectivity index is 0.000000894. The first-order valence-corrected chi connectivity index (χ1v) is 20.5. The molecule has 0 aliphatic carbocycles. The Hall–Kier alpha value is -5.07. The van der Waals surface area contributed by atoms with Gasteiger partial charge in [0.15, 0.2) is 6.29 Å². The smallest absolute Gasteiger partial charge is 0.410 e. The van der Waals surface area contributed by atoms with Crippen molar-refractivity contribution < 1.29 is 52.5 Å². The van der Waals surface area contributed by atoms with Gasteiger partial charge in [0.2, 0.25) is 0 Å². The number of aldehydes is 1. The van der Waals surface area contributed by atoms with E-state index in [2.05, 4.69) is 76.9 Å². The largest absolute Gasteiger partial charge is 0.493 e. The number of piperazine rings is 2. The first kappa shape index (κ1) is 55.9. The van der Waals surface area contributed by atoms with Crippen molar-refractivity contribution in [3.05, 3.63) is 58.7 Å². The summed E-state index contributed by atoms with van der Waals surface area (Å²) in [6.07, 6.45) is 0.915. The normalized spacial score (nSPS) is 14.2. The van der Waals surface area contributed by atoms with Gasteiger partial charge in [0, 0.05) is 64.5 Å². The number of carbonyl (C=O) groups excluding carboxylic acids is 7. The van der Waals surface area contributed by atoms with Crippen LogP contribution in [0.15, 0.2) is 36.4 Å². The van der Waals surface area contributed by atoms with E-state index in [-0.39, 0.29) is 40.9 Å². The lowest BCUT2D eigenvalue weighted by Gasteiger charge is -2.35. The molecule has 342 valence electrons. The number of benzene rings is 2. The topological polar surface area (TPSA) is 178 Å². The van der Waals surface area contributed by atoms with E-state index in [1.807, 2.05) is 60.6 Å². The quantitative estimate of drug-likeness (QED) is 0.273. The van der Waals surface area contributed by atoms with Crippen LogP contribution in [0.5, 0.6) is 11.5 Å². The minimum Gasteiger partial charge on any atom is -0.493 e. The third-order valence-corrected chi connectivity index (χ3v) is 8.03. The Bertz CT molecular complexity index is 1680. The number of ether oxygens (including phenoxy) is 4. The molecule has 15 nitrogen and oxygen atoms in total. The van der Waals surface area contributed by atoms with E-state index in [4.69, 9.17) is 38.1 Å². The average molecular weight is 857 g/mol. The summed E-state index contributed by atoms with van der Waals surface area (Å²) >= 11 is 0. The number of nitrogens with zero attached hydrogens (tertiary/aromatic N) is 3. The van der Waals surface area contributed by atoms with E-state index < -0.39 is 5.60 Å². The van der Waals surface area contributed by atoms with E-state index in [0.29, 0.717) is 37.6 Å². The molecule has 2 aromatic rings. The lowest BCUT2D eigenvalue weighted by molar-refractivity contribution is -0.193. The van der Waals surface area contributed by atoms with Gasteiger partial charge in [-0.3, -0.25) is 9.69 Å². The maximum absolute atomic E-state index is 12.2. The van der Waals surface area contributed by atoms with Crippen LogP contribution < -0.4 is 14.8 Å². The molecule has 2 amide bonds. The molecule has 0 aromatic heterocycles. The van der Waals surface area contributed by atoms with Crippen LogP contribution in [-0.2, 0) is 35.2 Å². The highest BCUT2D eigenvalue weighted by atomic mass is 16.6. The fourth-order valence-electron chi connectivity index (χ4n) is 5.21. The lowest BCUT2D eigenvalue weighted by atomic mass is 9.98. The number of carbonyl (C=O) groups is 3. The monoisotopic (exact) mass is 857 g/mol. The molecule has 0 spiro atoms. The van der Waals surface area contributed by atoms with Crippen LogP contribution >= 0.6 is 0 Å². The molecule has 1 N–H and O–H groups in total. The van der Waals surface area contributed by atoms with Gasteiger partial charge < -0.3 is 34.1 Å². The Morgan fingerprint density at radius 2 is 1.02 bits per heavy atom. The molecule has 4 rings (SSSR count). The molecule has 2 heterocycles. The van der Waals surface area contributed by atoms with Crippen molar-refractivity contribution >= 4 is 30.8 Å². The van der Waals surface area contributed by atoms with Gasteiger partial charge >= 0.3 is 24.5 Å². The van der Waals surface area contributed by atoms with Crippen molar-refractivity contribution in [2.45, 2.75) is 115 Å². The molecule has 2 saturated heterocycles. The number of amides is 2. The molecule has 0 saturated carbocycles. The van der Waals surface area contributed by atoms with Crippen molar-refractivity contribution in [2.75, 3.05) is 65.6 Å². The van der Waals surface area contributed by atoms with Crippen LogP contribution in [0.3, 0.4) is 0 Å². The fourth-order valence-corrected chi connectivity index (χ4v) is 5.21. The molecule has 0 bridgehead atoms. The van der Waals surface area contributed by atoms with Gasteiger partial charge in [-0.25, -0.2) is 9.59 Å². The molecule has 2 aromatic carbocycles. The molecule has 2 fully saturated rings. The highest BCUT2D eigenvalue weighted by Gasteiger charge is 2.27. The van der Waals surface area contributed by atoms with Crippen molar-refractivity contribution in [2.24, 2.45) is 10.8 Å². The highest BCUT2D eigenvalue weighted by Crippen LogP contribution is 2.26. The molecule has 0 radical (unpaired) electrons. The minimum atomic E-state index is -0.449. The number of rotatable bonds is 7. The maximum Gasteiger partial charge on any atom is 0.410 e. The summed E-state index contributed by atoms with van der Waals surface area (Å²) in [5.74, 6) is 1.65. The van der Waals surface area contributed by atoms with Crippen molar-refractivity contribution in [3.63, 3.8) is 0 Å². The molecular weight excluding hydrogens is 785 g/mol. The summed E-state index contributed by atoms with van der Waals surface area (Å²) in [6, 6.07) is 12.0. The summed E-state index contributed by atoms with van der Waals surface area (Å²) in [4.78, 5) is 72.9. The standard InChI is InChI=1S/C22H36N2O3.C13H18O2.C9H18N2O2.2CO2/c1-17-8-9-18(19(14-17)26-16-21(2,3)4)15-23-10-12-24(13-11-23)20(25)27-22(5,6)7;1-10-5-6-11(8-14)12(7-10)15-9-13(2,3)4;1-9(2,3)13-8(12)11-6-4-10-5-7-11;2*2-1-3/h8-9,14H,10-13,15-16H2,1-7H3;5-8H,9H2,1-4H3;10H,4-7H2,1-3H3;;. The van der Waals surface area contributed by atoms with Crippen LogP contribution in [-0.4, -0.2) is 122 Å². The van der Waals surface area contributed by atoms with Gasteiger partial charge in [-0.2, -0.15) is 19.2 Å². The maximum atomic E-state index is 12.2. The fraction of sp³-hybridized carbons (Fsp3) is 0.630. The highest BCUT2D eigenvalue weighted by molar-refractivity contribution is 5.79. The first-order chi connectivity index (χ1) is 28.2. The third-order valence-electron chi connectivity index (χ3n) is 8.03. The summed E-state index contributed by atoms with van der Waals surface area (Å²) in [7, 11) is 0. The second-order valence-corrected chi connectivity index (χ2v) is 19.1. The second kappa shape index (κ2) is 27.0. The van der Waals surface area contributed by atoms with Crippen LogP contribution in [0, 0.1) is 24.7 Å². The number of nitrogens with one attached hydrogen (secondary N) is 1. The van der Waals surface area contributed by atoms with E-state index in [0.717, 1.165) is 63.4 Å². The Kier molecular flexibility index (Phi) is 24.8. The average Bonchev–Trinajstić information content (AvgIpc) is 3.14. The van der Waals surface area contributed by atoms with E-state index in [1.54, 1.807) is 15.9 Å². The van der Waals surface area contributed by atoms with Crippen molar-refractivity contribution in [3.8, 4) is 11.5 Å². The van der Waals surface area contributed by atoms with Crippen LogP contribution in [0.25, 0.3) is 0 Å². The van der Waals surface area contributed by atoms with E-state index in [9.17, 15) is 14.4 Å². The molecule has 2 aliphatic rings. The zero-order valence-corrected chi connectivity index (χ0v) is 39.2. The SMILES string of the molecule is CC(C)(C)OC(=O)N1CCNCC1.Cc1ccc(C=O)c(OCC(C)(C)C)c1.Cc1ccc(CN2CCN(C(=O)OC(C)(C)C)CC2)c(OCC(C)(C)C)c1.O=C=O.O=C=O. The predicted molar refractivity (Wildman–Crippen MR) is 231 cm³/mol. The Labute approximate surface area is 363 Å². The second-order valence-electron chi connectivity index (χ2n) is 19.1. The first-order valence-electron chi connectivity index (χ1n) is 20.5. The Morgan fingerprint density at radius 1 is 0.623 bits per heavy atom. The summed E-state index contributed by atoms with van der Waals surface area (Å²) in [5, 5.41) is 3.18. The molecule has 61 heavy (non-hydrogen) atoms. The summed E-state index contributed by atoms with van der Waals surface area (Å²) in [6.45, 7) is 36.7. The van der Waals surface area contributed by atoms with Gasteiger partial charge in [-0.15, -0.1) is 0 Å². The minimum absolute atomic E-state index is 0.101. The van der Waals surface area contributed by atoms with Crippen molar-refractivity contribution in [1.29, 1.82) is 0 Å². The number of hydrogen-bond donors (Lipinski definition) is 1. The van der Waals surface area contributed by atoms with Gasteiger partial charge in [-0.05, 0) is 95.5 Å². The van der Waals surface area contributed by atoms with Crippen LogP contribution in [0.1, 0.15) is 110 Å². The van der Waals surface area contributed by atoms with Gasteiger partial charge in [0.1, 0.15) is 22.7 Å². The Morgan fingerprint density at radius 3 is 1.43 bits per heavy atom. The summed E-state index contributed by atoms with van der Waals surface area (Å²) in [5.41, 5.74) is 3.52. The third kappa shape index (κ3) is 27.4. The number of aryl methyl sites for hydroxylation is 2. The molecule has 2 aliphatic heterocycles. The van der Waals surface area contributed by atoms with Gasteiger partial charge in [0.25, 0.3) is 0 Å². The molecule has 0 unspecified atom stereocenters. The van der Waals surface area contributed by atoms with E-state index >= 15 is 0 Å². The molecular formula is C46H72N4O11. The molecule has 15 heteroatoms. The predicted octanol–water partition coefficient (Wildman–Crippen LogP) is 7.36.